The van der Waals surface area contributed by atoms with Gasteiger partial charge in [-0.2, -0.15) is 0 Å². The first-order valence-corrected chi connectivity index (χ1v) is 10.2. The lowest BCUT2D eigenvalue weighted by molar-refractivity contribution is 0.213. The maximum absolute atomic E-state index is 9.26. The molecular weight excluding hydrogens is 382 g/mol. The van der Waals surface area contributed by atoms with E-state index >= 15 is 0 Å². The van der Waals surface area contributed by atoms with Gasteiger partial charge in [0.25, 0.3) is 0 Å². The average molecular weight is 411 g/mol. The second kappa shape index (κ2) is 8.58. The number of rotatable bonds is 7. The lowest BCUT2D eigenvalue weighted by atomic mass is 9.87. The zero-order valence-electron chi connectivity index (χ0n) is 18.1. The molecule has 0 unspecified atom stereocenters. The Bertz CT molecular complexity index is 1080. The highest BCUT2D eigenvalue weighted by atomic mass is 16.5. The SMILES string of the molecule is COc1cc2c3c(c4cc(OC)c(OC)cc4c2cc1OC)CN(CCCO)CC3. The van der Waals surface area contributed by atoms with Crippen LogP contribution in [0.5, 0.6) is 23.0 Å². The topological polar surface area (TPSA) is 60.4 Å². The maximum Gasteiger partial charge on any atom is 0.161 e. The zero-order chi connectivity index (χ0) is 21.3. The third kappa shape index (κ3) is 3.40. The minimum absolute atomic E-state index is 0.212. The Morgan fingerprint density at radius 1 is 0.733 bits per heavy atom. The van der Waals surface area contributed by atoms with Gasteiger partial charge in [0.15, 0.2) is 23.0 Å². The molecule has 0 saturated carbocycles. The highest BCUT2D eigenvalue weighted by molar-refractivity contribution is 6.12. The van der Waals surface area contributed by atoms with Crippen LogP contribution < -0.4 is 18.9 Å². The molecule has 0 atom stereocenters. The first-order chi connectivity index (χ1) is 14.6. The van der Waals surface area contributed by atoms with Crippen molar-refractivity contribution in [1.29, 1.82) is 0 Å². The van der Waals surface area contributed by atoms with Gasteiger partial charge in [-0.1, -0.05) is 0 Å². The van der Waals surface area contributed by atoms with Crippen molar-refractivity contribution in [2.24, 2.45) is 0 Å². The van der Waals surface area contributed by atoms with E-state index in [0.29, 0.717) is 11.5 Å². The molecule has 30 heavy (non-hydrogen) atoms. The summed E-state index contributed by atoms with van der Waals surface area (Å²) in [7, 11) is 6.65. The van der Waals surface area contributed by atoms with Gasteiger partial charge in [0, 0.05) is 26.2 Å². The summed E-state index contributed by atoms with van der Waals surface area (Å²) >= 11 is 0. The normalized spacial score (nSPS) is 14.0. The summed E-state index contributed by atoms with van der Waals surface area (Å²) in [5, 5.41) is 13.8. The number of hydrogen-bond donors (Lipinski definition) is 1. The number of hydrogen-bond acceptors (Lipinski definition) is 6. The van der Waals surface area contributed by atoms with Crippen molar-refractivity contribution in [3.8, 4) is 23.0 Å². The molecule has 0 saturated heterocycles. The largest absolute Gasteiger partial charge is 0.493 e. The molecule has 4 rings (SSSR count). The molecule has 1 aliphatic rings. The van der Waals surface area contributed by atoms with Gasteiger partial charge in [0.05, 0.1) is 28.4 Å². The lowest BCUT2D eigenvalue weighted by Gasteiger charge is -2.31. The molecule has 0 aliphatic carbocycles. The van der Waals surface area contributed by atoms with Crippen molar-refractivity contribution in [3.05, 3.63) is 35.4 Å². The molecule has 0 radical (unpaired) electrons. The first-order valence-electron chi connectivity index (χ1n) is 10.2. The van der Waals surface area contributed by atoms with Gasteiger partial charge in [-0.15, -0.1) is 0 Å². The molecule has 0 fully saturated rings. The van der Waals surface area contributed by atoms with Crippen LogP contribution in [0.15, 0.2) is 24.3 Å². The van der Waals surface area contributed by atoms with E-state index in [1.807, 2.05) is 0 Å². The van der Waals surface area contributed by atoms with Crippen molar-refractivity contribution in [3.63, 3.8) is 0 Å². The number of methoxy groups -OCH3 is 4. The standard InChI is InChI=1S/C24H29NO5/c1-27-21-10-16-15-6-8-25(7-5-9-26)14-20(15)19-13-24(30-4)23(29-3)12-18(19)17(16)11-22(21)28-2/h10-13,26H,5-9,14H2,1-4H3. The molecule has 1 N–H and O–H groups in total. The van der Waals surface area contributed by atoms with Gasteiger partial charge < -0.3 is 24.1 Å². The summed E-state index contributed by atoms with van der Waals surface area (Å²) in [6.45, 7) is 2.90. The molecule has 0 bridgehead atoms. The quantitative estimate of drug-likeness (QED) is 0.598. The summed E-state index contributed by atoms with van der Waals surface area (Å²) in [5.41, 5.74) is 2.64. The maximum atomic E-state index is 9.26. The van der Waals surface area contributed by atoms with Crippen LogP contribution in [-0.4, -0.2) is 58.1 Å². The Morgan fingerprint density at radius 2 is 1.20 bits per heavy atom. The van der Waals surface area contributed by atoms with E-state index in [9.17, 15) is 5.11 Å². The Morgan fingerprint density at radius 3 is 1.67 bits per heavy atom. The second-order valence-electron chi connectivity index (χ2n) is 7.57. The molecule has 3 aromatic rings. The molecule has 0 amide bonds. The van der Waals surface area contributed by atoms with Gasteiger partial charge in [0.2, 0.25) is 0 Å². The van der Waals surface area contributed by atoms with E-state index in [0.717, 1.165) is 60.1 Å². The molecule has 1 heterocycles. The van der Waals surface area contributed by atoms with Crippen LogP contribution in [0.4, 0.5) is 0 Å². The third-order valence-corrected chi connectivity index (χ3v) is 6.04. The van der Waals surface area contributed by atoms with Crippen LogP contribution in [0, 0.1) is 0 Å². The van der Waals surface area contributed by atoms with Crippen molar-refractivity contribution >= 4 is 21.5 Å². The Hall–Kier alpha value is -2.70. The highest BCUT2D eigenvalue weighted by Crippen LogP contribution is 2.44. The lowest BCUT2D eigenvalue weighted by Crippen LogP contribution is -2.32. The fourth-order valence-electron chi connectivity index (χ4n) is 4.55. The molecule has 6 heteroatoms. The van der Waals surface area contributed by atoms with E-state index in [1.165, 1.54) is 16.5 Å². The van der Waals surface area contributed by atoms with Crippen molar-refractivity contribution in [2.75, 3.05) is 48.1 Å². The van der Waals surface area contributed by atoms with Gasteiger partial charge in [-0.3, -0.25) is 4.90 Å². The summed E-state index contributed by atoms with van der Waals surface area (Å²) in [4.78, 5) is 2.40. The van der Waals surface area contributed by atoms with E-state index in [4.69, 9.17) is 18.9 Å². The van der Waals surface area contributed by atoms with Crippen LogP contribution in [0.3, 0.4) is 0 Å². The first kappa shape index (κ1) is 20.6. The molecule has 0 spiro atoms. The van der Waals surface area contributed by atoms with Crippen molar-refractivity contribution < 1.29 is 24.1 Å². The van der Waals surface area contributed by atoms with Gasteiger partial charge in [-0.25, -0.2) is 0 Å². The molecule has 160 valence electrons. The number of nitrogens with zero attached hydrogens (tertiary/aromatic N) is 1. The van der Waals surface area contributed by atoms with E-state index in [-0.39, 0.29) is 6.61 Å². The van der Waals surface area contributed by atoms with Gasteiger partial charge in [-0.05, 0) is 69.8 Å². The number of aliphatic hydroxyl groups excluding tert-OH is 1. The van der Waals surface area contributed by atoms with Crippen LogP contribution >= 0.6 is 0 Å². The van der Waals surface area contributed by atoms with E-state index < -0.39 is 0 Å². The van der Waals surface area contributed by atoms with Crippen molar-refractivity contribution in [2.45, 2.75) is 19.4 Å². The summed E-state index contributed by atoms with van der Waals surface area (Å²) in [5.74, 6) is 2.87. The fraction of sp³-hybridized carbons (Fsp3) is 0.417. The van der Waals surface area contributed by atoms with Crippen LogP contribution in [0.1, 0.15) is 17.5 Å². The fourth-order valence-corrected chi connectivity index (χ4v) is 4.55. The predicted octanol–water partition coefficient (Wildman–Crippen LogP) is 3.77. The summed E-state index contributed by atoms with van der Waals surface area (Å²) in [6, 6.07) is 8.28. The monoisotopic (exact) mass is 411 g/mol. The predicted molar refractivity (Wildman–Crippen MR) is 118 cm³/mol. The average Bonchev–Trinajstić information content (AvgIpc) is 2.80. The Labute approximate surface area is 176 Å². The molecule has 1 aliphatic heterocycles. The molecule has 3 aromatic carbocycles. The van der Waals surface area contributed by atoms with Crippen molar-refractivity contribution in [1.82, 2.24) is 4.90 Å². The minimum atomic E-state index is 0.212. The van der Waals surface area contributed by atoms with E-state index in [1.54, 1.807) is 28.4 Å². The smallest absolute Gasteiger partial charge is 0.161 e. The highest BCUT2D eigenvalue weighted by Gasteiger charge is 2.24. The third-order valence-electron chi connectivity index (χ3n) is 6.04. The summed E-state index contributed by atoms with van der Waals surface area (Å²) < 4.78 is 22.4. The van der Waals surface area contributed by atoms with Crippen LogP contribution in [0.25, 0.3) is 21.5 Å². The van der Waals surface area contributed by atoms with Crippen LogP contribution in [0.2, 0.25) is 0 Å². The second-order valence-corrected chi connectivity index (χ2v) is 7.57. The van der Waals surface area contributed by atoms with Gasteiger partial charge in [0.1, 0.15) is 0 Å². The molecular formula is C24H29NO5. The number of benzene rings is 3. The zero-order valence-corrected chi connectivity index (χ0v) is 18.1. The molecule has 0 aromatic heterocycles. The van der Waals surface area contributed by atoms with Crippen LogP contribution in [-0.2, 0) is 13.0 Å². The Balaban J connectivity index is 2.04. The number of ether oxygens (including phenoxy) is 4. The van der Waals surface area contributed by atoms with E-state index in [2.05, 4.69) is 29.2 Å². The Kier molecular flexibility index (Phi) is 5.88. The molecule has 6 nitrogen and oxygen atoms in total. The van der Waals surface area contributed by atoms with Gasteiger partial charge >= 0.3 is 0 Å². The minimum Gasteiger partial charge on any atom is -0.493 e. The number of aliphatic hydroxyl groups is 1. The number of fused-ring (bicyclic) bond motifs is 6. The summed E-state index contributed by atoms with van der Waals surface area (Å²) in [6.07, 6.45) is 1.72.